The first-order valence-electron chi connectivity index (χ1n) is 12.7. The lowest BCUT2D eigenvalue weighted by atomic mass is 10.1. The minimum absolute atomic E-state index is 0. The third-order valence-electron chi connectivity index (χ3n) is 6.40. The first kappa shape index (κ1) is 31.1. The highest BCUT2D eigenvalue weighted by Gasteiger charge is 2.05. The molecule has 0 bridgehead atoms. The van der Waals surface area contributed by atoms with Crippen molar-refractivity contribution in [2.24, 2.45) is 7.05 Å². The smallest absolute Gasteiger partial charge is 0.250 e. The van der Waals surface area contributed by atoms with E-state index in [1.807, 2.05) is 48.8 Å². The van der Waals surface area contributed by atoms with Crippen LogP contribution >= 0.6 is 24.8 Å². The number of aromatic nitrogens is 2. The summed E-state index contributed by atoms with van der Waals surface area (Å²) >= 11 is 0. The molecule has 0 aliphatic heterocycles. The highest BCUT2D eigenvalue weighted by Crippen LogP contribution is 2.19. The number of nitrogens with zero attached hydrogens (tertiary/aromatic N) is 3. The normalized spacial score (nSPS) is 10.9. The summed E-state index contributed by atoms with van der Waals surface area (Å²) in [6.45, 7) is 3.70. The average molecular weight is 555 g/mol. The van der Waals surface area contributed by atoms with Crippen LogP contribution in [0.25, 0.3) is 17.0 Å². The summed E-state index contributed by atoms with van der Waals surface area (Å²) in [6, 6.07) is 24.0. The van der Waals surface area contributed by atoms with E-state index in [1.165, 1.54) is 11.1 Å². The Bertz CT molecular complexity index is 1310. The number of unbranched alkanes of at least 4 members (excludes halogenated alkanes) is 2. The van der Waals surface area contributed by atoms with Crippen molar-refractivity contribution in [3.05, 3.63) is 113 Å². The van der Waals surface area contributed by atoms with Crippen molar-refractivity contribution in [3.63, 3.8) is 0 Å². The molecule has 0 radical (unpaired) electrons. The van der Waals surface area contributed by atoms with Gasteiger partial charge < -0.3 is 9.30 Å². The van der Waals surface area contributed by atoms with Crippen molar-refractivity contribution in [3.8, 4) is 5.75 Å². The Morgan fingerprint density at radius 3 is 2.55 bits per heavy atom. The van der Waals surface area contributed by atoms with Crippen LogP contribution in [0.3, 0.4) is 0 Å². The molecule has 0 aliphatic carbocycles. The molecule has 38 heavy (non-hydrogen) atoms. The number of hydrogen-bond donors (Lipinski definition) is 0. The van der Waals surface area contributed by atoms with E-state index < -0.39 is 0 Å². The van der Waals surface area contributed by atoms with Crippen LogP contribution in [0.4, 0.5) is 0 Å². The molecule has 5 nitrogen and oxygen atoms in total. The molecule has 2 aromatic carbocycles. The maximum Gasteiger partial charge on any atom is 0.250 e. The first-order valence-corrected chi connectivity index (χ1v) is 12.7. The fourth-order valence-corrected chi connectivity index (χ4v) is 4.29. The summed E-state index contributed by atoms with van der Waals surface area (Å²) in [5.41, 5.74) is 3.43. The number of aryl methyl sites for hydroxylation is 1. The van der Waals surface area contributed by atoms with E-state index in [2.05, 4.69) is 52.4 Å². The number of benzene rings is 2. The van der Waals surface area contributed by atoms with E-state index in [0.29, 0.717) is 6.61 Å². The van der Waals surface area contributed by atoms with Gasteiger partial charge in [-0.15, -0.1) is 24.8 Å². The molecule has 0 fully saturated rings. The average Bonchev–Trinajstić information content (AvgIpc) is 2.92. The number of pyridine rings is 2. The predicted octanol–water partition coefficient (Wildman–Crippen LogP) is 6.58. The Hall–Kier alpha value is -3.12. The van der Waals surface area contributed by atoms with Crippen molar-refractivity contribution in [1.82, 2.24) is 14.5 Å². The molecule has 0 unspecified atom stereocenters. The van der Waals surface area contributed by atoms with Crippen molar-refractivity contribution < 1.29 is 4.74 Å². The molecule has 0 atom stereocenters. The Morgan fingerprint density at radius 2 is 1.76 bits per heavy atom. The van der Waals surface area contributed by atoms with Gasteiger partial charge in [-0.05, 0) is 73.7 Å². The zero-order valence-corrected chi connectivity index (χ0v) is 23.5. The van der Waals surface area contributed by atoms with Gasteiger partial charge in [-0.3, -0.25) is 14.7 Å². The van der Waals surface area contributed by atoms with Gasteiger partial charge in [0.15, 0.2) is 0 Å². The molecule has 0 aliphatic rings. The van der Waals surface area contributed by atoms with Gasteiger partial charge in [0.25, 0.3) is 5.56 Å². The maximum atomic E-state index is 11.8. The van der Waals surface area contributed by atoms with Gasteiger partial charge in [-0.1, -0.05) is 48.6 Å². The molecule has 202 valence electrons. The SMILES string of the molecule is Cl.Cl.Cn1c(=O)ccc2cc(OCCCCCN(C/C=C/c3ccccc3)CCc3cccnc3)ccc21. The second kappa shape index (κ2) is 16.7. The highest BCUT2D eigenvalue weighted by molar-refractivity contribution is 5.85. The number of hydrogen-bond acceptors (Lipinski definition) is 4. The topological polar surface area (TPSA) is 47.4 Å². The van der Waals surface area contributed by atoms with Gasteiger partial charge in [0.2, 0.25) is 0 Å². The van der Waals surface area contributed by atoms with Crippen molar-refractivity contribution in [1.29, 1.82) is 0 Å². The molecule has 0 N–H and O–H groups in total. The Labute approximate surface area is 238 Å². The van der Waals surface area contributed by atoms with Crippen molar-refractivity contribution in [2.75, 3.05) is 26.2 Å². The molecule has 0 saturated carbocycles. The monoisotopic (exact) mass is 553 g/mol. The minimum atomic E-state index is 0. The molecular formula is C31H37Cl2N3O2. The lowest BCUT2D eigenvalue weighted by molar-refractivity contribution is 0.279. The van der Waals surface area contributed by atoms with E-state index >= 15 is 0 Å². The molecule has 0 spiro atoms. The summed E-state index contributed by atoms with van der Waals surface area (Å²) in [5, 5.41) is 1.02. The van der Waals surface area contributed by atoms with Gasteiger partial charge in [-0.25, -0.2) is 0 Å². The zero-order valence-electron chi connectivity index (χ0n) is 21.9. The van der Waals surface area contributed by atoms with Crippen LogP contribution in [-0.2, 0) is 13.5 Å². The van der Waals surface area contributed by atoms with Gasteiger partial charge >= 0.3 is 0 Å². The van der Waals surface area contributed by atoms with E-state index in [0.717, 1.165) is 62.0 Å². The largest absolute Gasteiger partial charge is 0.494 e. The van der Waals surface area contributed by atoms with Crippen LogP contribution in [-0.4, -0.2) is 40.7 Å². The molecule has 4 aromatic rings. The number of ether oxygens (including phenoxy) is 1. The standard InChI is InChI=1S/C31H35N3O2.2ClH/c1-33-30-16-15-29(24-28(30)14-17-31(33)35)36-23-7-3-6-20-34(22-18-27-12-8-19-32-25-27)21-9-13-26-10-4-2-5-11-26;;/h2,4-5,8-17,19,24-25H,3,6-7,18,20-23H2,1H3;2*1H/b13-9+;;. The van der Waals surface area contributed by atoms with Crippen LogP contribution in [0, 0.1) is 0 Å². The van der Waals surface area contributed by atoms with Gasteiger partial charge in [-0.2, -0.15) is 0 Å². The van der Waals surface area contributed by atoms with Crippen LogP contribution in [0.15, 0.2) is 96.1 Å². The summed E-state index contributed by atoms with van der Waals surface area (Å²) in [7, 11) is 1.79. The second-order valence-corrected chi connectivity index (χ2v) is 9.09. The number of halogens is 2. The van der Waals surface area contributed by atoms with Crippen LogP contribution < -0.4 is 10.3 Å². The fourth-order valence-electron chi connectivity index (χ4n) is 4.29. The lowest BCUT2D eigenvalue weighted by Crippen LogP contribution is -2.27. The minimum Gasteiger partial charge on any atom is -0.494 e. The molecule has 7 heteroatoms. The molecule has 0 amide bonds. The predicted molar refractivity (Wildman–Crippen MR) is 163 cm³/mol. The quantitative estimate of drug-likeness (QED) is 0.175. The van der Waals surface area contributed by atoms with Crippen LogP contribution in [0.2, 0.25) is 0 Å². The Morgan fingerprint density at radius 1 is 0.921 bits per heavy atom. The molecule has 4 rings (SSSR count). The summed E-state index contributed by atoms with van der Waals surface area (Å²) in [5.74, 6) is 0.852. The van der Waals surface area contributed by atoms with E-state index in [-0.39, 0.29) is 30.4 Å². The van der Waals surface area contributed by atoms with Gasteiger partial charge in [0.1, 0.15) is 5.75 Å². The van der Waals surface area contributed by atoms with Crippen LogP contribution in [0.5, 0.6) is 5.75 Å². The van der Waals surface area contributed by atoms with Crippen molar-refractivity contribution >= 4 is 41.8 Å². The highest BCUT2D eigenvalue weighted by atomic mass is 35.5. The third kappa shape index (κ3) is 9.64. The molecular weight excluding hydrogens is 517 g/mol. The summed E-state index contributed by atoms with van der Waals surface area (Å²) < 4.78 is 7.65. The first-order chi connectivity index (χ1) is 17.7. The number of rotatable bonds is 13. The van der Waals surface area contributed by atoms with E-state index in [9.17, 15) is 4.79 Å². The van der Waals surface area contributed by atoms with Crippen molar-refractivity contribution in [2.45, 2.75) is 25.7 Å². The maximum absolute atomic E-state index is 11.8. The van der Waals surface area contributed by atoms with Crippen LogP contribution in [0.1, 0.15) is 30.4 Å². The van der Waals surface area contributed by atoms with Gasteiger partial charge in [0, 0.05) is 44.0 Å². The summed E-state index contributed by atoms with van der Waals surface area (Å²) in [4.78, 5) is 18.6. The van der Waals surface area contributed by atoms with Gasteiger partial charge in [0.05, 0.1) is 12.1 Å². The molecule has 0 saturated heterocycles. The summed E-state index contributed by atoms with van der Waals surface area (Å²) in [6.07, 6.45) is 12.5. The van der Waals surface area contributed by atoms with E-state index in [1.54, 1.807) is 17.7 Å². The number of fused-ring (bicyclic) bond motifs is 1. The molecule has 2 aromatic heterocycles. The molecule has 2 heterocycles. The third-order valence-corrected chi connectivity index (χ3v) is 6.40. The zero-order chi connectivity index (χ0) is 25.0. The lowest BCUT2D eigenvalue weighted by Gasteiger charge is -2.20. The van der Waals surface area contributed by atoms with E-state index in [4.69, 9.17) is 4.74 Å². The Balaban J connectivity index is 0.00000253. The Kier molecular flexibility index (Phi) is 13.6. The second-order valence-electron chi connectivity index (χ2n) is 9.09. The fraction of sp³-hybridized carbons (Fsp3) is 0.290.